The van der Waals surface area contributed by atoms with Crippen LogP contribution in [0.1, 0.15) is 36.2 Å². The minimum absolute atomic E-state index is 0.0119. The van der Waals surface area contributed by atoms with E-state index < -0.39 is 11.7 Å². The first kappa shape index (κ1) is 26.0. The van der Waals surface area contributed by atoms with Gasteiger partial charge in [0.2, 0.25) is 5.75 Å². The van der Waals surface area contributed by atoms with Gasteiger partial charge in [0.1, 0.15) is 29.6 Å². The van der Waals surface area contributed by atoms with Gasteiger partial charge < -0.3 is 18.9 Å². The van der Waals surface area contributed by atoms with Crippen molar-refractivity contribution in [1.82, 2.24) is 14.5 Å². The Morgan fingerprint density at radius 3 is 2.58 bits per heavy atom. The summed E-state index contributed by atoms with van der Waals surface area (Å²) in [6, 6.07) is 10.2. The normalized spacial score (nSPS) is 20.4. The van der Waals surface area contributed by atoms with Crippen LogP contribution in [0.5, 0.6) is 5.75 Å². The van der Waals surface area contributed by atoms with E-state index in [-0.39, 0.29) is 41.7 Å². The second-order valence-electron chi connectivity index (χ2n) is 9.68. The number of nitriles is 1. The summed E-state index contributed by atoms with van der Waals surface area (Å²) in [7, 11) is 3.23. The monoisotopic (exact) mass is 527 g/mol. The van der Waals surface area contributed by atoms with Gasteiger partial charge in [-0.1, -0.05) is 19.1 Å². The van der Waals surface area contributed by atoms with E-state index in [1.54, 1.807) is 26.3 Å². The molecule has 3 atom stereocenters. The Morgan fingerprint density at radius 1 is 1.21 bits per heavy atom. The molecule has 2 aromatic heterocycles. The summed E-state index contributed by atoms with van der Waals surface area (Å²) >= 11 is 0. The molecule has 3 aromatic rings. The van der Waals surface area contributed by atoms with E-state index in [9.17, 15) is 23.2 Å². The summed E-state index contributed by atoms with van der Waals surface area (Å²) in [6.45, 7) is 3.73. The SMILES string of the molecule is CC[C@@H]1CN2c3c(c(=O)n(C)c4ccc(C#N)nc34)OC[C@@H]2CN1[C@@H](COC)c1ccc(C(F)(F)F)cc1. The van der Waals surface area contributed by atoms with Gasteiger partial charge >= 0.3 is 6.18 Å². The van der Waals surface area contributed by atoms with Crippen molar-refractivity contribution >= 4 is 16.7 Å². The van der Waals surface area contributed by atoms with Gasteiger partial charge in [-0.25, -0.2) is 4.98 Å². The molecule has 0 aliphatic carbocycles. The molecule has 0 N–H and O–H groups in total. The number of benzene rings is 1. The largest absolute Gasteiger partial charge is 0.484 e. The first-order valence-electron chi connectivity index (χ1n) is 12.4. The second kappa shape index (κ2) is 9.93. The van der Waals surface area contributed by atoms with Crippen molar-refractivity contribution in [2.45, 2.75) is 37.6 Å². The van der Waals surface area contributed by atoms with Crippen molar-refractivity contribution in [2.75, 3.05) is 38.3 Å². The van der Waals surface area contributed by atoms with E-state index in [1.807, 2.05) is 0 Å². The quantitative estimate of drug-likeness (QED) is 0.498. The third-order valence-electron chi connectivity index (χ3n) is 7.55. The number of hydrogen-bond acceptors (Lipinski definition) is 7. The van der Waals surface area contributed by atoms with Crippen molar-refractivity contribution < 1.29 is 22.6 Å². The second-order valence-corrected chi connectivity index (χ2v) is 9.68. The first-order valence-corrected chi connectivity index (χ1v) is 12.4. The highest BCUT2D eigenvalue weighted by Gasteiger charge is 2.42. The maximum absolute atomic E-state index is 13.2. The van der Waals surface area contributed by atoms with E-state index >= 15 is 0 Å². The molecule has 11 heteroatoms. The van der Waals surface area contributed by atoms with Gasteiger partial charge in [0.25, 0.3) is 5.56 Å². The van der Waals surface area contributed by atoms with Crippen LogP contribution in [0.3, 0.4) is 0 Å². The van der Waals surface area contributed by atoms with Crippen molar-refractivity contribution in [1.29, 1.82) is 5.26 Å². The number of aromatic nitrogens is 2. The molecule has 0 saturated carbocycles. The zero-order valence-corrected chi connectivity index (χ0v) is 21.3. The number of anilines is 1. The van der Waals surface area contributed by atoms with E-state index in [4.69, 9.17) is 9.47 Å². The number of piperazine rings is 1. The number of methoxy groups -OCH3 is 1. The Morgan fingerprint density at radius 2 is 1.95 bits per heavy atom. The number of nitrogens with zero attached hydrogens (tertiary/aromatic N) is 5. The Labute approximate surface area is 217 Å². The number of pyridine rings is 2. The maximum Gasteiger partial charge on any atom is 0.416 e. The molecule has 0 spiro atoms. The summed E-state index contributed by atoms with van der Waals surface area (Å²) < 4.78 is 52.5. The molecule has 0 unspecified atom stereocenters. The molecule has 38 heavy (non-hydrogen) atoms. The summed E-state index contributed by atoms with van der Waals surface area (Å²) in [4.78, 5) is 22.1. The summed E-state index contributed by atoms with van der Waals surface area (Å²) in [5, 5.41) is 9.45. The van der Waals surface area contributed by atoms with Gasteiger partial charge in [-0.05, 0) is 36.2 Å². The maximum atomic E-state index is 13.2. The average Bonchev–Trinajstić information content (AvgIpc) is 2.92. The average molecular weight is 528 g/mol. The molecule has 4 heterocycles. The molecule has 5 rings (SSSR count). The molecule has 200 valence electrons. The zero-order chi connectivity index (χ0) is 27.2. The molecule has 2 aliphatic heterocycles. The summed E-state index contributed by atoms with van der Waals surface area (Å²) in [6.07, 6.45) is -3.64. The number of aryl methyl sites for hydroxylation is 1. The minimum atomic E-state index is -4.40. The molecule has 0 radical (unpaired) electrons. The van der Waals surface area contributed by atoms with Gasteiger partial charge in [0.15, 0.2) is 0 Å². The third kappa shape index (κ3) is 4.37. The predicted octanol–water partition coefficient (Wildman–Crippen LogP) is 3.87. The fourth-order valence-corrected chi connectivity index (χ4v) is 5.58. The minimum Gasteiger partial charge on any atom is -0.484 e. The van der Waals surface area contributed by atoms with Crippen LogP contribution in [0.4, 0.5) is 18.9 Å². The van der Waals surface area contributed by atoms with Crippen LogP contribution in [-0.4, -0.2) is 59.9 Å². The van der Waals surface area contributed by atoms with Crippen LogP contribution in [0.15, 0.2) is 41.2 Å². The Kier molecular flexibility index (Phi) is 6.79. The molecule has 8 nitrogen and oxygen atoms in total. The Bertz CT molecular complexity index is 1450. The van der Waals surface area contributed by atoms with Crippen LogP contribution in [-0.2, 0) is 18.0 Å². The van der Waals surface area contributed by atoms with Crippen LogP contribution in [0.25, 0.3) is 11.0 Å². The third-order valence-corrected chi connectivity index (χ3v) is 7.55. The smallest absolute Gasteiger partial charge is 0.416 e. The molecule has 1 fully saturated rings. The Hall–Kier alpha value is -3.62. The lowest BCUT2D eigenvalue weighted by molar-refractivity contribution is -0.137. The lowest BCUT2D eigenvalue weighted by atomic mass is 9.95. The highest BCUT2D eigenvalue weighted by molar-refractivity contribution is 5.93. The lowest BCUT2D eigenvalue weighted by Crippen LogP contribution is -2.62. The highest BCUT2D eigenvalue weighted by atomic mass is 19.4. The van der Waals surface area contributed by atoms with Gasteiger partial charge in [-0.15, -0.1) is 0 Å². The van der Waals surface area contributed by atoms with Crippen molar-refractivity contribution in [2.24, 2.45) is 7.05 Å². The van der Waals surface area contributed by atoms with Crippen LogP contribution >= 0.6 is 0 Å². The zero-order valence-electron chi connectivity index (χ0n) is 21.3. The highest BCUT2D eigenvalue weighted by Crippen LogP contribution is 2.41. The number of halogens is 3. The van der Waals surface area contributed by atoms with E-state index in [1.165, 1.54) is 16.7 Å². The first-order chi connectivity index (χ1) is 18.2. The number of alkyl halides is 3. The van der Waals surface area contributed by atoms with Crippen LogP contribution < -0.4 is 15.2 Å². The number of hydrogen-bond donors (Lipinski definition) is 0. The van der Waals surface area contributed by atoms with Gasteiger partial charge in [-0.2, -0.15) is 18.4 Å². The molecule has 0 bridgehead atoms. The molecule has 0 amide bonds. The molecule has 1 aromatic carbocycles. The number of rotatable bonds is 5. The van der Waals surface area contributed by atoms with Crippen LogP contribution in [0, 0.1) is 11.3 Å². The van der Waals surface area contributed by atoms with E-state index in [0.29, 0.717) is 36.4 Å². The van der Waals surface area contributed by atoms with E-state index in [0.717, 1.165) is 24.1 Å². The molecular weight excluding hydrogens is 499 g/mol. The van der Waals surface area contributed by atoms with Gasteiger partial charge in [0, 0.05) is 33.3 Å². The number of ether oxygens (including phenoxy) is 2. The lowest BCUT2D eigenvalue weighted by Gasteiger charge is -2.51. The molecule has 1 saturated heterocycles. The fraction of sp³-hybridized carbons (Fsp3) is 0.444. The standard InChI is InChI=1S/C27H28F3N5O3/c1-4-19-12-35-20(13-34(19)22(15-37-3)16-5-7-17(8-6-16)27(28,29)30)14-38-25-24(35)23-21(33(2)26(25)36)10-9-18(11-31)32-23/h5-10,19-20,22H,4,12-15H2,1-3H3/t19-,20+,22+/m1/s1. The summed E-state index contributed by atoms with van der Waals surface area (Å²) in [5.74, 6) is 0.221. The molecular formula is C27H28F3N5O3. The Balaban J connectivity index is 1.54. The van der Waals surface area contributed by atoms with Gasteiger partial charge in [0.05, 0.1) is 29.8 Å². The van der Waals surface area contributed by atoms with Gasteiger partial charge in [-0.3, -0.25) is 9.69 Å². The van der Waals surface area contributed by atoms with Crippen molar-refractivity contribution in [3.8, 4) is 11.8 Å². The van der Waals surface area contributed by atoms with Crippen molar-refractivity contribution in [3.05, 3.63) is 63.6 Å². The number of fused-ring (bicyclic) bond motifs is 5. The summed E-state index contributed by atoms with van der Waals surface area (Å²) in [5.41, 5.74) is 1.75. The topological polar surface area (TPSA) is 83.6 Å². The van der Waals surface area contributed by atoms with E-state index in [2.05, 4.69) is 27.8 Å². The van der Waals surface area contributed by atoms with Crippen LogP contribution in [0.2, 0.25) is 0 Å². The predicted molar refractivity (Wildman–Crippen MR) is 135 cm³/mol. The fourth-order valence-electron chi connectivity index (χ4n) is 5.58. The van der Waals surface area contributed by atoms with Crippen molar-refractivity contribution in [3.63, 3.8) is 0 Å². The molecule has 2 aliphatic rings.